The van der Waals surface area contributed by atoms with E-state index in [2.05, 4.69) is 10.3 Å². The number of imidazole rings is 1. The first-order valence-corrected chi connectivity index (χ1v) is 10.8. The van der Waals surface area contributed by atoms with Gasteiger partial charge in [0.15, 0.2) is 5.69 Å². The summed E-state index contributed by atoms with van der Waals surface area (Å²) in [4.78, 5) is 18.6. The number of sulfone groups is 1. The fourth-order valence-electron chi connectivity index (χ4n) is 3.27. The Labute approximate surface area is 166 Å². The highest BCUT2D eigenvalue weighted by atomic mass is 32.2. The summed E-state index contributed by atoms with van der Waals surface area (Å²) in [6, 6.07) is 9.35. The van der Waals surface area contributed by atoms with E-state index in [0.29, 0.717) is 37.5 Å². The number of halogens is 1. The maximum atomic E-state index is 14.6. The monoisotopic (exact) mass is 418 g/mol. The number of amides is 1. The van der Waals surface area contributed by atoms with E-state index in [4.69, 9.17) is 4.74 Å². The Morgan fingerprint density at radius 3 is 2.66 bits per heavy atom. The molecule has 0 saturated carbocycles. The van der Waals surface area contributed by atoms with Crippen molar-refractivity contribution in [2.75, 3.05) is 42.8 Å². The van der Waals surface area contributed by atoms with Crippen LogP contribution in [0.25, 0.3) is 5.52 Å². The molecular formula is C19H19FN4O4S. The molecule has 2 aromatic heterocycles. The standard InChI is InChI=1S/C19H19FN4O4S/c1-29(26,27)19-22-17(16-4-2-3-7-24(16)19)18(25)21-13-5-6-15(14(20)12-13)23-8-10-28-11-9-23/h2-7,12H,8-11H2,1H3,(H,21,25). The van der Waals surface area contributed by atoms with Gasteiger partial charge in [0.05, 0.1) is 24.4 Å². The van der Waals surface area contributed by atoms with E-state index < -0.39 is 21.6 Å². The Balaban J connectivity index is 1.62. The van der Waals surface area contributed by atoms with Crippen LogP contribution in [0.4, 0.5) is 15.8 Å². The second-order valence-electron chi connectivity index (χ2n) is 6.69. The van der Waals surface area contributed by atoms with Gasteiger partial charge in [-0.3, -0.25) is 9.20 Å². The normalized spacial score (nSPS) is 14.9. The first kappa shape index (κ1) is 19.3. The third-order valence-corrected chi connectivity index (χ3v) is 5.57. The predicted molar refractivity (Wildman–Crippen MR) is 106 cm³/mol. The van der Waals surface area contributed by atoms with Gasteiger partial charge in [-0.05, 0) is 30.3 Å². The molecule has 3 heterocycles. The number of benzene rings is 1. The molecule has 10 heteroatoms. The average molecular weight is 418 g/mol. The summed E-state index contributed by atoms with van der Waals surface area (Å²) in [7, 11) is -3.64. The van der Waals surface area contributed by atoms with Crippen LogP contribution < -0.4 is 10.2 Å². The van der Waals surface area contributed by atoms with Crippen molar-refractivity contribution in [1.82, 2.24) is 9.38 Å². The number of carbonyl (C=O) groups is 1. The molecule has 0 radical (unpaired) electrons. The van der Waals surface area contributed by atoms with Gasteiger partial charge >= 0.3 is 0 Å². The van der Waals surface area contributed by atoms with Crippen molar-refractivity contribution in [3.63, 3.8) is 0 Å². The van der Waals surface area contributed by atoms with Crippen molar-refractivity contribution >= 4 is 32.6 Å². The average Bonchev–Trinajstić information content (AvgIpc) is 3.09. The van der Waals surface area contributed by atoms with E-state index in [0.717, 1.165) is 6.26 Å². The molecule has 3 aromatic rings. The summed E-state index contributed by atoms with van der Waals surface area (Å²) in [6.07, 6.45) is 2.54. The van der Waals surface area contributed by atoms with Crippen LogP contribution >= 0.6 is 0 Å². The number of carbonyl (C=O) groups excluding carboxylic acids is 1. The zero-order valence-electron chi connectivity index (χ0n) is 15.6. The lowest BCUT2D eigenvalue weighted by atomic mass is 10.2. The first-order valence-electron chi connectivity index (χ1n) is 8.95. The highest BCUT2D eigenvalue weighted by molar-refractivity contribution is 7.90. The Hall–Kier alpha value is -2.98. The minimum Gasteiger partial charge on any atom is -0.378 e. The Morgan fingerprint density at radius 1 is 1.21 bits per heavy atom. The second kappa shape index (κ2) is 7.45. The van der Waals surface area contributed by atoms with Gasteiger partial charge in [0, 0.05) is 31.2 Å². The molecule has 8 nitrogen and oxygen atoms in total. The third-order valence-electron chi connectivity index (χ3n) is 4.62. The quantitative estimate of drug-likeness (QED) is 0.696. The zero-order valence-corrected chi connectivity index (χ0v) is 16.4. The van der Waals surface area contributed by atoms with Crippen molar-refractivity contribution < 1.29 is 22.3 Å². The maximum Gasteiger partial charge on any atom is 0.276 e. The van der Waals surface area contributed by atoms with Crippen LogP contribution in [0, 0.1) is 5.82 Å². The highest BCUT2D eigenvalue weighted by Crippen LogP contribution is 2.25. The van der Waals surface area contributed by atoms with Gasteiger partial charge in [-0.2, -0.15) is 0 Å². The second-order valence-corrected chi connectivity index (χ2v) is 8.60. The Morgan fingerprint density at radius 2 is 1.97 bits per heavy atom. The number of fused-ring (bicyclic) bond motifs is 1. The molecule has 0 atom stereocenters. The number of anilines is 2. The van der Waals surface area contributed by atoms with Crippen LogP contribution in [-0.4, -0.2) is 56.3 Å². The van der Waals surface area contributed by atoms with Crippen molar-refractivity contribution in [2.45, 2.75) is 5.16 Å². The molecular weight excluding hydrogens is 399 g/mol. The van der Waals surface area contributed by atoms with Crippen molar-refractivity contribution in [3.05, 3.63) is 54.1 Å². The molecule has 1 fully saturated rings. The van der Waals surface area contributed by atoms with Crippen molar-refractivity contribution in [2.24, 2.45) is 0 Å². The van der Waals surface area contributed by atoms with Crippen LogP contribution in [0.15, 0.2) is 47.8 Å². The number of pyridine rings is 1. The lowest BCUT2D eigenvalue weighted by Gasteiger charge is -2.29. The largest absolute Gasteiger partial charge is 0.378 e. The molecule has 4 rings (SSSR count). The smallest absolute Gasteiger partial charge is 0.276 e. The summed E-state index contributed by atoms with van der Waals surface area (Å²) in [6.45, 7) is 2.26. The summed E-state index contributed by atoms with van der Waals surface area (Å²) < 4.78 is 45.2. The van der Waals surface area contributed by atoms with Gasteiger partial charge < -0.3 is 15.0 Å². The number of aromatic nitrogens is 2. The zero-order chi connectivity index (χ0) is 20.6. The lowest BCUT2D eigenvalue weighted by molar-refractivity contribution is 0.102. The van der Waals surface area contributed by atoms with E-state index in [-0.39, 0.29) is 16.5 Å². The molecule has 0 spiro atoms. The SMILES string of the molecule is CS(=O)(=O)c1nc(C(=O)Nc2ccc(N3CCOCC3)c(F)c2)c2ccccn12. The molecule has 1 aliphatic heterocycles. The van der Waals surface area contributed by atoms with Gasteiger partial charge in [-0.1, -0.05) is 6.07 Å². The molecule has 1 aliphatic rings. The Bertz CT molecular complexity index is 1190. The molecule has 0 unspecified atom stereocenters. The number of nitrogens with zero attached hydrogens (tertiary/aromatic N) is 3. The lowest BCUT2D eigenvalue weighted by Crippen LogP contribution is -2.36. The highest BCUT2D eigenvalue weighted by Gasteiger charge is 2.23. The van der Waals surface area contributed by atoms with Gasteiger partial charge in [-0.15, -0.1) is 0 Å². The molecule has 0 bridgehead atoms. The summed E-state index contributed by atoms with van der Waals surface area (Å²) >= 11 is 0. The maximum absolute atomic E-state index is 14.6. The minimum atomic E-state index is -3.64. The summed E-state index contributed by atoms with van der Waals surface area (Å²) in [5.41, 5.74) is 0.986. The molecule has 152 valence electrons. The predicted octanol–water partition coefficient (Wildman–Crippen LogP) is 1.97. The van der Waals surface area contributed by atoms with Gasteiger partial charge in [-0.25, -0.2) is 17.8 Å². The number of morpholine rings is 1. The van der Waals surface area contributed by atoms with Gasteiger partial charge in [0.2, 0.25) is 15.0 Å². The van der Waals surface area contributed by atoms with Crippen LogP contribution in [0.2, 0.25) is 0 Å². The topological polar surface area (TPSA) is 93.0 Å². The van der Waals surface area contributed by atoms with Crippen LogP contribution in [0.5, 0.6) is 0 Å². The third kappa shape index (κ3) is 3.81. The molecule has 1 N–H and O–H groups in total. The first-order chi connectivity index (χ1) is 13.8. The van der Waals surface area contributed by atoms with Gasteiger partial charge in [0.1, 0.15) is 5.82 Å². The van der Waals surface area contributed by atoms with Gasteiger partial charge in [0.25, 0.3) is 5.91 Å². The molecule has 1 amide bonds. The fourth-order valence-corrected chi connectivity index (χ4v) is 4.05. The van der Waals surface area contributed by atoms with Crippen molar-refractivity contribution in [1.29, 1.82) is 0 Å². The number of nitrogens with one attached hydrogen (secondary N) is 1. The molecule has 1 saturated heterocycles. The number of hydrogen-bond acceptors (Lipinski definition) is 6. The Kier molecular flexibility index (Phi) is 4.97. The molecule has 0 aliphatic carbocycles. The van der Waals surface area contributed by atoms with E-state index in [1.807, 2.05) is 4.90 Å². The summed E-state index contributed by atoms with van der Waals surface area (Å²) in [5, 5.41) is 2.36. The van der Waals surface area contributed by atoms with Crippen LogP contribution in [-0.2, 0) is 14.6 Å². The van der Waals surface area contributed by atoms with Crippen molar-refractivity contribution in [3.8, 4) is 0 Å². The number of hydrogen-bond donors (Lipinski definition) is 1. The minimum absolute atomic E-state index is 0.0521. The van der Waals surface area contributed by atoms with E-state index >= 15 is 0 Å². The van der Waals surface area contributed by atoms with E-state index in [9.17, 15) is 17.6 Å². The summed E-state index contributed by atoms with van der Waals surface area (Å²) in [5.74, 6) is -1.08. The van der Waals surface area contributed by atoms with E-state index in [1.54, 1.807) is 30.3 Å². The van der Waals surface area contributed by atoms with Crippen LogP contribution in [0.1, 0.15) is 10.5 Å². The number of rotatable bonds is 4. The molecule has 29 heavy (non-hydrogen) atoms. The number of ether oxygens (including phenoxy) is 1. The van der Waals surface area contributed by atoms with E-state index in [1.165, 1.54) is 16.7 Å². The fraction of sp³-hybridized carbons (Fsp3) is 0.263. The van der Waals surface area contributed by atoms with Crippen LogP contribution in [0.3, 0.4) is 0 Å². The molecule has 1 aromatic carbocycles.